The summed E-state index contributed by atoms with van der Waals surface area (Å²) in [6.07, 6.45) is 0. The fourth-order valence-electron chi connectivity index (χ4n) is 1.82. The number of hydrogen-bond acceptors (Lipinski definition) is 4. The molecule has 2 aromatic carbocycles. The lowest BCUT2D eigenvalue weighted by Gasteiger charge is -2.10. The topological polar surface area (TPSA) is 78.4 Å². The van der Waals surface area contributed by atoms with Crippen molar-refractivity contribution in [2.45, 2.75) is 11.4 Å². The van der Waals surface area contributed by atoms with Gasteiger partial charge in [-0.2, -0.15) is 0 Å². The average molecular weight is 327 g/mol. The molecule has 0 saturated heterocycles. The van der Waals surface area contributed by atoms with E-state index in [1.54, 1.807) is 12.1 Å². The Morgan fingerprint density at radius 2 is 1.81 bits per heavy atom. The first kappa shape index (κ1) is 15.6. The zero-order valence-electron chi connectivity index (χ0n) is 11.3. The molecule has 2 aromatic rings. The smallest absolute Gasteiger partial charge is 0.265 e. The zero-order chi connectivity index (χ0) is 15.5. The Morgan fingerprint density at radius 1 is 1.14 bits per heavy atom. The number of phenolic OH excluding ortho intramolecular Hbond substituents is 1. The summed E-state index contributed by atoms with van der Waals surface area (Å²) in [5, 5.41) is 12.8. The normalized spacial score (nSPS) is 11.3. The summed E-state index contributed by atoms with van der Waals surface area (Å²) in [6, 6.07) is 11.1. The molecular formula is C14H15ClN2O3S. The van der Waals surface area contributed by atoms with Gasteiger partial charge in [-0.15, -0.1) is 0 Å². The van der Waals surface area contributed by atoms with Crippen LogP contribution < -0.4 is 10.0 Å². The van der Waals surface area contributed by atoms with Crippen LogP contribution in [0.3, 0.4) is 0 Å². The number of nitrogens with one attached hydrogen (secondary N) is 2. The van der Waals surface area contributed by atoms with Crippen molar-refractivity contribution in [2.24, 2.45) is 0 Å². The van der Waals surface area contributed by atoms with Gasteiger partial charge in [0.2, 0.25) is 0 Å². The quantitative estimate of drug-likeness (QED) is 0.789. The summed E-state index contributed by atoms with van der Waals surface area (Å²) < 4.78 is 26.9. The van der Waals surface area contributed by atoms with Crippen molar-refractivity contribution in [3.05, 3.63) is 53.1 Å². The Kier molecular flexibility index (Phi) is 4.72. The second-order valence-electron chi connectivity index (χ2n) is 4.42. The predicted octanol–water partition coefficient (Wildman–Crippen LogP) is 2.57. The number of aromatic hydroxyl groups is 1. The molecule has 0 aliphatic rings. The maximum absolute atomic E-state index is 12.2. The van der Waals surface area contributed by atoms with Crippen LogP contribution in [0.2, 0.25) is 5.02 Å². The van der Waals surface area contributed by atoms with Gasteiger partial charge < -0.3 is 10.4 Å². The minimum absolute atomic E-state index is 0.0118. The van der Waals surface area contributed by atoms with E-state index in [0.717, 1.165) is 5.56 Å². The van der Waals surface area contributed by atoms with Gasteiger partial charge in [0.05, 0.1) is 5.02 Å². The molecule has 0 radical (unpaired) electrons. The molecule has 112 valence electrons. The SMILES string of the molecule is CNCc1ccc(NS(=O)(=O)c2cccc(Cl)c2O)cc1. The van der Waals surface area contributed by atoms with Crippen LogP contribution in [-0.2, 0) is 16.6 Å². The minimum Gasteiger partial charge on any atom is -0.505 e. The van der Waals surface area contributed by atoms with Gasteiger partial charge in [0.15, 0.2) is 5.75 Å². The Bertz CT molecular complexity index is 730. The first-order valence-corrected chi connectivity index (χ1v) is 8.04. The van der Waals surface area contributed by atoms with E-state index >= 15 is 0 Å². The van der Waals surface area contributed by atoms with Crippen molar-refractivity contribution in [3.63, 3.8) is 0 Å². The summed E-state index contributed by atoms with van der Waals surface area (Å²) in [7, 11) is -2.06. The molecule has 0 fully saturated rings. The van der Waals surface area contributed by atoms with Crippen molar-refractivity contribution >= 4 is 27.3 Å². The van der Waals surface area contributed by atoms with Gasteiger partial charge in [-0.05, 0) is 36.9 Å². The molecule has 21 heavy (non-hydrogen) atoms. The Morgan fingerprint density at radius 3 is 2.43 bits per heavy atom. The van der Waals surface area contributed by atoms with Gasteiger partial charge in [0.25, 0.3) is 10.0 Å². The fraction of sp³-hybridized carbons (Fsp3) is 0.143. The van der Waals surface area contributed by atoms with E-state index < -0.39 is 15.8 Å². The first-order chi connectivity index (χ1) is 9.94. The van der Waals surface area contributed by atoms with Crippen LogP contribution in [-0.4, -0.2) is 20.6 Å². The second-order valence-corrected chi connectivity index (χ2v) is 6.48. The highest BCUT2D eigenvalue weighted by Crippen LogP contribution is 2.31. The number of phenols is 1. The van der Waals surface area contributed by atoms with Gasteiger partial charge in [0, 0.05) is 12.2 Å². The monoisotopic (exact) mass is 326 g/mol. The lowest BCUT2D eigenvalue weighted by molar-refractivity contribution is 0.459. The number of halogens is 1. The Labute approximate surface area is 128 Å². The molecule has 0 aliphatic heterocycles. The molecule has 0 saturated carbocycles. The molecular weight excluding hydrogens is 312 g/mol. The van der Waals surface area contributed by atoms with E-state index in [1.165, 1.54) is 18.2 Å². The van der Waals surface area contributed by atoms with E-state index in [-0.39, 0.29) is 9.92 Å². The molecule has 0 bridgehead atoms. The van der Waals surface area contributed by atoms with Crippen molar-refractivity contribution < 1.29 is 13.5 Å². The van der Waals surface area contributed by atoms with Gasteiger partial charge in [0.1, 0.15) is 4.90 Å². The fourth-order valence-corrected chi connectivity index (χ4v) is 3.23. The molecule has 0 unspecified atom stereocenters. The van der Waals surface area contributed by atoms with E-state index in [1.807, 2.05) is 19.2 Å². The van der Waals surface area contributed by atoms with E-state index in [2.05, 4.69) is 10.0 Å². The van der Waals surface area contributed by atoms with Crippen LogP contribution in [0.5, 0.6) is 5.75 Å². The van der Waals surface area contributed by atoms with Crippen molar-refractivity contribution in [1.29, 1.82) is 0 Å². The molecule has 0 amide bonds. The number of benzene rings is 2. The van der Waals surface area contributed by atoms with E-state index in [0.29, 0.717) is 12.2 Å². The summed E-state index contributed by atoms with van der Waals surface area (Å²) >= 11 is 5.73. The highest BCUT2D eigenvalue weighted by Gasteiger charge is 2.20. The summed E-state index contributed by atoms with van der Waals surface area (Å²) in [5.41, 5.74) is 1.44. The molecule has 0 spiro atoms. The van der Waals surface area contributed by atoms with Gasteiger partial charge in [-0.3, -0.25) is 4.72 Å². The standard InChI is InChI=1S/C14H15ClN2O3S/c1-16-9-10-5-7-11(8-6-10)17-21(19,20)13-4-2-3-12(15)14(13)18/h2-8,16-18H,9H2,1H3. The van der Waals surface area contributed by atoms with Crippen molar-refractivity contribution in [2.75, 3.05) is 11.8 Å². The molecule has 7 heteroatoms. The average Bonchev–Trinajstić information content (AvgIpc) is 2.44. The number of sulfonamides is 1. The summed E-state index contributed by atoms with van der Waals surface area (Å²) in [6.45, 7) is 0.697. The molecule has 3 N–H and O–H groups in total. The molecule has 0 aliphatic carbocycles. The molecule has 2 rings (SSSR count). The third-order valence-electron chi connectivity index (χ3n) is 2.83. The first-order valence-electron chi connectivity index (χ1n) is 6.18. The Balaban J connectivity index is 2.27. The largest absolute Gasteiger partial charge is 0.505 e. The third kappa shape index (κ3) is 3.66. The maximum atomic E-state index is 12.2. The summed E-state index contributed by atoms with van der Waals surface area (Å²) in [5.74, 6) is -0.460. The van der Waals surface area contributed by atoms with Crippen molar-refractivity contribution in [3.8, 4) is 5.75 Å². The van der Waals surface area contributed by atoms with Crippen LogP contribution in [0.25, 0.3) is 0 Å². The van der Waals surface area contributed by atoms with E-state index in [9.17, 15) is 13.5 Å². The molecule has 0 aromatic heterocycles. The van der Waals surface area contributed by atoms with Crippen LogP contribution in [0.4, 0.5) is 5.69 Å². The number of anilines is 1. The van der Waals surface area contributed by atoms with Gasteiger partial charge in [-0.1, -0.05) is 29.8 Å². The predicted molar refractivity (Wildman–Crippen MR) is 83.1 cm³/mol. The van der Waals surface area contributed by atoms with Crippen LogP contribution in [0.1, 0.15) is 5.56 Å². The van der Waals surface area contributed by atoms with Crippen molar-refractivity contribution in [1.82, 2.24) is 5.32 Å². The maximum Gasteiger partial charge on any atom is 0.265 e. The molecule has 5 nitrogen and oxygen atoms in total. The highest BCUT2D eigenvalue weighted by atomic mass is 35.5. The summed E-state index contributed by atoms with van der Waals surface area (Å²) in [4.78, 5) is -0.255. The van der Waals surface area contributed by atoms with E-state index in [4.69, 9.17) is 11.6 Å². The van der Waals surface area contributed by atoms with Crippen LogP contribution in [0, 0.1) is 0 Å². The zero-order valence-corrected chi connectivity index (χ0v) is 12.9. The van der Waals surface area contributed by atoms with Gasteiger partial charge in [-0.25, -0.2) is 8.42 Å². The lowest BCUT2D eigenvalue weighted by Crippen LogP contribution is -2.13. The molecule has 0 atom stereocenters. The molecule has 0 heterocycles. The Hall–Kier alpha value is -1.76. The van der Waals surface area contributed by atoms with Crippen LogP contribution in [0.15, 0.2) is 47.4 Å². The number of rotatable bonds is 5. The number of hydrogen-bond donors (Lipinski definition) is 3. The minimum atomic E-state index is -3.89. The van der Waals surface area contributed by atoms with Crippen LogP contribution >= 0.6 is 11.6 Å². The second kappa shape index (κ2) is 6.34. The lowest BCUT2D eigenvalue weighted by atomic mass is 10.2. The van der Waals surface area contributed by atoms with Gasteiger partial charge >= 0.3 is 0 Å². The number of para-hydroxylation sites is 1. The third-order valence-corrected chi connectivity index (χ3v) is 4.54. The highest BCUT2D eigenvalue weighted by molar-refractivity contribution is 7.92.